The summed E-state index contributed by atoms with van der Waals surface area (Å²) < 4.78 is 0. The van der Waals surface area contributed by atoms with Gasteiger partial charge in [0.15, 0.2) is 0 Å². The minimum absolute atomic E-state index is 0.0405. The highest BCUT2D eigenvalue weighted by Gasteiger charge is 2.34. The van der Waals surface area contributed by atoms with Gasteiger partial charge in [0.25, 0.3) is 5.91 Å². The molecule has 0 saturated carbocycles. The lowest BCUT2D eigenvalue weighted by molar-refractivity contribution is -0.125. The zero-order valence-electron chi connectivity index (χ0n) is 12.2. The van der Waals surface area contributed by atoms with Gasteiger partial charge in [-0.3, -0.25) is 9.59 Å². The summed E-state index contributed by atoms with van der Waals surface area (Å²) in [6.07, 6.45) is 3.38. The second kappa shape index (κ2) is 6.58. The van der Waals surface area contributed by atoms with Crippen molar-refractivity contribution in [3.63, 3.8) is 0 Å². The van der Waals surface area contributed by atoms with E-state index in [0.29, 0.717) is 18.0 Å². The van der Waals surface area contributed by atoms with E-state index >= 15 is 0 Å². The lowest BCUT2D eigenvalue weighted by Gasteiger charge is -2.23. The number of hydrogen-bond acceptors (Lipinski definition) is 5. The second-order valence-corrected chi connectivity index (χ2v) is 7.46. The molecular weight excluding hydrogens is 318 g/mol. The number of hydrogen-bond donors (Lipinski definition) is 1. The first-order valence-corrected chi connectivity index (χ1v) is 8.88. The summed E-state index contributed by atoms with van der Waals surface area (Å²) in [5.74, 6) is -0.116. The smallest absolute Gasteiger partial charge is 0.264 e. The van der Waals surface area contributed by atoms with Crippen molar-refractivity contribution in [2.24, 2.45) is 0 Å². The molecule has 1 aliphatic rings. The van der Waals surface area contributed by atoms with Gasteiger partial charge >= 0.3 is 0 Å². The lowest BCUT2D eigenvalue weighted by atomic mass is 10.2. The Balaban J connectivity index is 1.62. The molecule has 116 valence electrons. The van der Waals surface area contributed by atoms with Crippen molar-refractivity contribution in [3.8, 4) is 0 Å². The second-order valence-electron chi connectivity index (χ2n) is 5.20. The van der Waals surface area contributed by atoms with Gasteiger partial charge in [-0.1, -0.05) is 6.07 Å². The minimum atomic E-state index is -0.358. The summed E-state index contributed by atoms with van der Waals surface area (Å²) in [6, 6.07) is 3.30. The molecule has 2 amide bonds. The summed E-state index contributed by atoms with van der Waals surface area (Å²) in [5.41, 5.74) is 0. The number of thiazole rings is 1. The van der Waals surface area contributed by atoms with Crippen molar-refractivity contribution in [1.29, 1.82) is 0 Å². The molecule has 0 unspecified atom stereocenters. The van der Waals surface area contributed by atoms with Crippen LogP contribution in [0.3, 0.4) is 0 Å². The topological polar surface area (TPSA) is 62.3 Å². The van der Waals surface area contributed by atoms with Crippen molar-refractivity contribution >= 4 is 34.5 Å². The van der Waals surface area contributed by atoms with Crippen LogP contribution in [-0.2, 0) is 11.3 Å². The van der Waals surface area contributed by atoms with E-state index in [0.717, 1.165) is 22.7 Å². The predicted molar refractivity (Wildman–Crippen MR) is 87.1 cm³/mol. The molecule has 0 aromatic carbocycles. The number of thiophene rings is 1. The van der Waals surface area contributed by atoms with Gasteiger partial charge in [-0.15, -0.1) is 22.7 Å². The molecule has 22 heavy (non-hydrogen) atoms. The molecule has 1 aliphatic heterocycles. The first kappa shape index (κ1) is 15.2. The lowest BCUT2D eigenvalue weighted by Crippen LogP contribution is -2.45. The Bertz CT molecular complexity index is 666. The highest BCUT2D eigenvalue weighted by atomic mass is 32.1. The molecular formula is C15H17N3O2S2. The number of carbonyl (C=O) groups excluding carboxylic acids is 2. The fraction of sp³-hybridized carbons (Fsp3) is 0.400. The Hall–Kier alpha value is -1.73. The van der Waals surface area contributed by atoms with Gasteiger partial charge in [0.1, 0.15) is 6.04 Å². The van der Waals surface area contributed by atoms with Crippen molar-refractivity contribution < 1.29 is 9.59 Å². The van der Waals surface area contributed by atoms with Crippen LogP contribution < -0.4 is 5.32 Å². The number of rotatable bonds is 4. The molecule has 3 rings (SSSR count). The van der Waals surface area contributed by atoms with E-state index in [4.69, 9.17) is 0 Å². The van der Waals surface area contributed by atoms with Crippen molar-refractivity contribution in [2.75, 3.05) is 6.54 Å². The van der Waals surface area contributed by atoms with Crippen LogP contribution in [0.15, 0.2) is 23.7 Å². The van der Waals surface area contributed by atoms with E-state index in [1.807, 2.05) is 18.4 Å². The minimum Gasteiger partial charge on any atom is -0.349 e. The Morgan fingerprint density at radius 3 is 3.05 bits per heavy atom. The van der Waals surface area contributed by atoms with Crippen molar-refractivity contribution in [1.82, 2.24) is 15.2 Å². The van der Waals surface area contributed by atoms with Gasteiger partial charge in [0, 0.05) is 17.6 Å². The van der Waals surface area contributed by atoms with E-state index in [-0.39, 0.29) is 17.9 Å². The van der Waals surface area contributed by atoms with E-state index in [1.54, 1.807) is 28.5 Å². The maximum atomic E-state index is 12.4. The van der Waals surface area contributed by atoms with Gasteiger partial charge in [-0.25, -0.2) is 4.98 Å². The van der Waals surface area contributed by atoms with Crippen molar-refractivity contribution in [2.45, 2.75) is 32.4 Å². The highest BCUT2D eigenvalue weighted by Crippen LogP contribution is 2.22. The fourth-order valence-corrected chi connectivity index (χ4v) is 4.02. The summed E-state index contributed by atoms with van der Waals surface area (Å²) in [6.45, 7) is 3.06. The average molecular weight is 335 g/mol. The maximum absolute atomic E-state index is 12.4. The quantitative estimate of drug-likeness (QED) is 0.933. The number of aromatic nitrogens is 1. The molecule has 1 fully saturated rings. The predicted octanol–water partition coefficient (Wildman–Crippen LogP) is 2.43. The molecule has 2 aromatic heterocycles. The van der Waals surface area contributed by atoms with E-state index < -0.39 is 0 Å². The molecule has 1 N–H and O–H groups in total. The summed E-state index contributed by atoms with van der Waals surface area (Å²) in [4.78, 5) is 32.4. The van der Waals surface area contributed by atoms with Gasteiger partial charge < -0.3 is 10.2 Å². The largest absolute Gasteiger partial charge is 0.349 e. The number of carbonyl (C=O) groups is 2. The molecule has 0 radical (unpaired) electrons. The first-order valence-electron chi connectivity index (χ1n) is 7.18. The first-order chi connectivity index (χ1) is 10.6. The highest BCUT2D eigenvalue weighted by molar-refractivity contribution is 7.12. The molecule has 0 spiro atoms. The standard InChI is InChI=1S/C15H17N3O2S2/c1-10-16-8-11(22-10)9-17-14(19)12-4-2-6-18(12)15(20)13-5-3-7-21-13/h3,5,7-8,12H,2,4,6,9H2,1H3,(H,17,19)/t12-/m0/s1. The third kappa shape index (κ3) is 3.20. The Morgan fingerprint density at radius 2 is 2.36 bits per heavy atom. The van der Waals surface area contributed by atoms with E-state index in [1.165, 1.54) is 11.3 Å². The van der Waals surface area contributed by atoms with Crippen LogP contribution in [0.25, 0.3) is 0 Å². The van der Waals surface area contributed by atoms with Crippen molar-refractivity contribution in [3.05, 3.63) is 38.5 Å². The van der Waals surface area contributed by atoms with Crippen LogP contribution >= 0.6 is 22.7 Å². The van der Waals surface area contributed by atoms with E-state index in [9.17, 15) is 9.59 Å². The van der Waals surface area contributed by atoms with Gasteiger partial charge in [-0.2, -0.15) is 0 Å². The Kier molecular flexibility index (Phi) is 4.54. The van der Waals surface area contributed by atoms with Crippen LogP contribution in [0.1, 0.15) is 32.4 Å². The molecule has 5 nitrogen and oxygen atoms in total. The van der Waals surface area contributed by atoms with Gasteiger partial charge in [-0.05, 0) is 31.2 Å². The number of nitrogens with zero attached hydrogens (tertiary/aromatic N) is 2. The zero-order chi connectivity index (χ0) is 15.5. The third-order valence-corrected chi connectivity index (χ3v) is 5.42. The molecule has 0 bridgehead atoms. The monoisotopic (exact) mass is 335 g/mol. The van der Waals surface area contributed by atoms with Gasteiger partial charge in [0.2, 0.25) is 5.91 Å². The summed E-state index contributed by atoms with van der Waals surface area (Å²) in [7, 11) is 0. The van der Waals surface area contributed by atoms with Crippen LogP contribution in [0.5, 0.6) is 0 Å². The van der Waals surface area contributed by atoms with Crippen LogP contribution in [0, 0.1) is 6.92 Å². The molecule has 7 heteroatoms. The molecule has 1 saturated heterocycles. The van der Waals surface area contributed by atoms with Crippen LogP contribution in [0.2, 0.25) is 0 Å². The Labute approximate surface area is 137 Å². The number of aryl methyl sites for hydroxylation is 1. The number of nitrogens with one attached hydrogen (secondary N) is 1. The van der Waals surface area contributed by atoms with Crippen LogP contribution in [-0.4, -0.2) is 34.3 Å². The third-order valence-electron chi connectivity index (χ3n) is 3.65. The Morgan fingerprint density at radius 1 is 1.50 bits per heavy atom. The van der Waals surface area contributed by atoms with E-state index in [2.05, 4.69) is 10.3 Å². The molecule has 0 aliphatic carbocycles. The maximum Gasteiger partial charge on any atom is 0.264 e. The fourth-order valence-electron chi connectivity index (χ4n) is 2.60. The number of amides is 2. The number of likely N-dealkylation sites (tertiary alicyclic amines) is 1. The summed E-state index contributed by atoms with van der Waals surface area (Å²) >= 11 is 2.99. The molecule has 1 atom stereocenters. The normalized spacial score (nSPS) is 17.7. The van der Waals surface area contributed by atoms with Crippen LogP contribution in [0.4, 0.5) is 0 Å². The average Bonchev–Trinajstić information content (AvgIpc) is 3.25. The SMILES string of the molecule is Cc1ncc(CNC(=O)[C@@H]2CCCN2C(=O)c2cccs2)s1. The molecule has 2 aromatic rings. The van der Waals surface area contributed by atoms with Gasteiger partial charge in [0.05, 0.1) is 16.4 Å². The summed E-state index contributed by atoms with van der Waals surface area (Å²) in [5, 5.41) is 5.79. The zero-order valence-corrected chi connectivity index (χ0v) is 13.9. The molecule has 3 heterocycles.